The van der Waals surface area contributed by atoms with Crippen LogP contribution in [-0.2, 0) is 0 Å². The van der Waals surface area contributed by atoms with Gasteiger partial charge in [-0.25, -0.2) is 9.97 Å². The monoisotopic (exact) mass is 535 g/mol. The summed E-state index contributed by atoms with van der Waals surface area (Å²) < 4.78 is 7.25. The quantitative estimate of drug-likeness (QED) is 0.383. The van der Waals surface area contributed by atoms with Gasteiger partial charge in [-0.05, 0) is 56.2 Å². The summed E-state index contributed by atoms with van der Waals surface area (Å²) >= 11 is 3.03. The number of carbonyl (C=O) groups is 2. The van der Waals surface area contributed by atoms with Crippen molar-refractivity contribution in [2.45, 2.75) is 39.2 Å². The van der Waals surface area contributed by atoms with Crippen LogP contribution in [0.4, 0.5) is 0 Å². The number of nitrogens with one attached hydrogen (secondary N) is 1. The van der Waals surface area contributed by atoms with E-state index in [2.05, 4.69) is 15.3 Å². The third-order valence-electron chi connectivity index (χ3n) is 7.70. The first kappa shape index (κ1) is 24.1. The van der Waals surface area contributed by atoms with Crippen molar-refractivity contribution in [3.63, 3.8) is 0 Å². The number of hydrogen-bond donors (Lipinski definition) is 1. The van der Waals surface area contributed by atoms with Crippen molar-refractivity contribution in [1.82, 2.24) is 24.6 Å². The van der Waals surface area contributed by atoms with Crippen molar-refractivity contribution in [1.29, 1.82) is 0 Å². The van der Waals surface area contributed by atoms with Crippen LogP contribution < -0.4 is 10.1 Å². The minimum atomic E-state index is -0.154. The average Bonchev–Trinajstić information content (AvgIpc) is 3.69. The van der Waals surface area contributed by atoms with E-state index in [9.17, 15) is 9.59 Å². The summed E-state index contributed by atoms with van der Waals surface area (Å²) in [7, 11) is 1.64. The van der Waals surface area contributed by atoms with Gasteiger partial charge in [0.2, 0.25) is 0 Å². The number of carbonyl (C=O) groups excluding carboxylic acids is 2. The Kier molecular flexibility index (Phi) is 6.24. The predicted molar refractivity (Wildman–Crippen MR) is 145 cm³/mol. The fourth-order valence-corrected chi connectivity index (χ4v) is 7.70. The molecule has 2 aliphatic rings. The van der Waals surface area contributed by atoms with E-state index in [4.69, 9.17) is 4.74 Å². The Balaban J connectivity index is 1.27. The Hall–Kier alpha value is -3.24. The summed E-state index contributed by atoms with van der Waals surface area (Å²) in [5.41, 5.74) is 2.68. The van der Waals surface area contributed by atoms with E-state index in [-0.39, 0.29) is 17.9 Å². The molecule has 3 aromatic heterocycles. The first-order valence-corrected chi connectivity index (χ1v) is 14.3. The summed E-state index contributed by atoms with van der Waals surface area (Å²) in [5, 5.41) is 5.92. The highest BCUT2D eigenvalue weighted by Crippen LogP contribution is 2.43. The number of benzene rings is 1. The Morgan fingerprint density at radius 2 is 2.08 bits per heavy atom. The molecule has 3 atom stereocenters. The standard InChI is InChI=1S/C27H29N5O3S2/c1-15-23(31-10-11-36-27(31)29-15)25(33)28-13-21-20-9-5-7-18(20)14-32(21)26(34)22-24(37-16(2)30-22)17-6-4-8-19(12-17)35-3/h4,6,8,10-12,18,20-21H,5,7,9,13-14H2,1-3H3,(H,28,33)/t18-,20-,21+/m0/s1. The second kappa shape index (κ2) is 9.57. The van der Waals surface area contributed by atoms with Crippen LogP contribution in [0.1, 0.15) is 50.9 Å². The highest BCUT2D eigenvalue weighted by atomic mass is 32.1. The normalized spacial score (nSPS) is 20.9. The van der Waals surface area contributed by atoms with Gasteiger partial charge in [0, 0.05) is 24.7 Å². The van der Waals surface area contributed by atoms with E-state index in [0.717, 1.165) is 39.0 Å². The number of thiazole rings is 2. The van der Waals surface area contributed by atoms with E-state index in [1.165, 1.54) is 29.1 Å². The molecule has 0 spiro atoms. The number of rotatable bonds is 6. The number of likely N-dealkylation sites (tertiary alicyclic amines) is 1. The minimum Gasteiger partial charge on any atom is -0.497 e. The van der Waals surface area contributed by atoms with E-state index < -0.39 is 0 Å². The second-order valence-electron chi connectivity index (χ2n) is 9.83. The van der Waals surface area contributed by atoms with Crippen molar-refractivity contribution in [2.24, 2.45) is 11.8 Å². The van der Waals surface area contributed by atoms with Crippen molar-refractivity contribution >= 4 is 39.4 Å². The largest absolute Gasteiger partial charge is 0.497 e. The van der Waals surface area contributed by atoms with Gasteiger partial charge in [-0.3, -0.25) is 14.0 Å². The molecule has 8 nitrogen and oxygen atoms in total. The first-order chi connectivity index (χ1) is 17.9. The number of fused-ring (bicyclic) bond motifs is 2. The summed E-state index contributed by atoms with van der Waals surface area (Å²) in [6.45, 7) is 4.91. The number of imidazole rings is 1. The van der Waals surface area contributed by atoms with Crippen LogP contribution in [0.3, 0.4) is 0 Å². The topological polar surface area (TPSA) is 88.8 Å². The predicted octanol–water partition coefficient (Wildman–Crippen LogP) is 4.82. The van der Waals surface area contributed by atoms with E-state index >= 15 is 0 Å². The molecule has 2 amide bonds. The molecule has 2 fully saturated rings. The Bertz CT molecular complexity index is 1490. The van der Waals surface area contributed by atoms with Gasteiger partial charge in [0.1, 0.15) is 17.1 Å². The highest BCUT2D eigenvalue weighted by Gasteiger charge is 2.47. The van der Waals surface area contributed by atoms with Gasteiger partial charge in [0.25, 0.3) is 11.8 Å². The molecule has 192 valence electrons. The molecule has 1 saturated heterocycles. The number of nitrogens with zero attached hydrogens (tertiary/aromatic N) is 4. The molecule has 1 saturated carbocycles. The lowest BCUT2D eigenvalue weighted by molar-refractivity contribution is 0.0696. The number of hydrogen-bond acceptors (Lipinski definition) is 7. The molecule has 4 aromatic rings. The number of amides is 2. The van der Waals surface area contributed by atoms with Crippen LogP contribution in [0.2, 0.25) is 0 Å². The molecule has 0 radical (unpaired) electrons. The SMILES string of the molecule is COc1cccc(-c2sc(C)nc2C(=O)N2C[C@@H]3CCC[C@@H]3[C@H]2CNC(=O)c2c(C)nc3sccn23)c1. The average molecular weight is 536 g/mol. The van der Waals surface area contributed by atoms with Gasteiger partial charge in [-0.15, -0.1) is 22.7 Å². The molecule has 1 aliphatic carbocycles. The number of ether oxygens (including phenoxy) is 1. The molecular weight excluding hydrogens is 506 g/mol. The fourth-order valence-electron chi connectivity index (χ4n) is 6.03. The zero-order valence-corrected chi connectivity index (χ0v) is 22.7. The van der Waals surface area contributed by atoms with Crippen molar-refractivity contribution < 1.29 is 14.3 Å². The summed E-state index contributed by atoms with van der Waals surface area (Å²) in [5.74, 6) is 1.38. The number of aromatic nitrogens is 3. The third kappa shape index (κ3) is 4.21. The smallest absolute Gasteiger partial charge is 0.274 e. The molecule has 1 aromatic carbocycles. The van der Waals surface area contributed by atoms with Crippen LogP contribution in [0.15, 0.2) is 35.8 Å². The van der Waals surface area contributed by atoms with Gasteiger partial charge < -0.3 is 15.0 Å². The van der Waals surface area contributed by atoms with Gasteiger partial charge in [-0.2, -0.15) is 0 Å². The molecule has 1 aliphatic heterocycles. The van der Waals surface area contributed by atoms with Gasteiger partial charge in [0.15, 0.2) is 4.96 Å². The zero-order chi connectivity index (χ0) is 25.7. The van der Waals surface area contributed by atoms with E-state index in [0.29, 0.717) is 42.0 Å². The van der Waals surface area contributed by atoms with Crippen LogP contribution in [-0.4, -0.2) is 57.3 Å². The van der Waals surface area contributed by atoms with Gasteiger partial charge in [0.05, 0.1) is 28.7 Å². The lowest BCUT2D eigenvalue weighted by Gasteiger charge is -2.28. The number of aryl methyl sites for hydroxylation is 2. The van der Waals surface area contributed by atoms with E-state index in [1.54, 1.807) is 7.11 Å². The Labute approximate surface area is 223 Å². The first-order valence-electron chi connectivity index (χ1n) is 12.6. The molecule has 1 N–H and O–H groups in total. The molecule has 0 bridgehead atoms. The molecule has 0 unspecified atom stereocenters. The van der Waals surface area contributed by atoms with Crippen LogP contribution in [0, 0.1) is 25.7 Å². The molecule has 37 heavy (non-hydrogen) atoms. The molecule has 6 rings (SSSR count). The van der Waals surface area contributed by atoms with E-state index in [1.807, 2.05) is 59.0 Å². The van der Waals surface area contributed by atoms with Crippen molar-refractivity contribution in [2.75, 3.05) is 20.2 Å². The lowest BCUT2D eigenvalue weighted by atomic mass is 9.94. The minimum absolute atomic E-state index is 0.0587. The Morgan fingerprint density at radius 1 is 1.22 bits per heavy atom. The lowest BCUT2D eigenvalue weighted by Crippen LogP contribution is -2.46. The summed E-state index contributed by atoms with van der Waals surface area (Å²) in [6.07, 6.45) is 5.24. The molecule has 10 heteroatoms. The highest BCUT2D eigenvalue weighted by molar-refractivity contribution is 7.15. The van der Waals surface area contributed by atoms with Crippen molar-refractivity contribution in [3.8, 4) is 16.2 Å². The van der Waals surface area contributed by atoms with Crippen molar-refractivity contribution in [3.05, 3.63) is 57.9 Å². The maximum Gasteiger partial charge on any atom is 0.274 e. The zero-order valence-electron chi connectivity index (χ0n) is 21.1. The third-order valence-corrected chi connectivity index (χ3v) is 9.47. The van der Waals surface area contributed by atoms with Gasteiger partial charge in [-0.1, -0.05) is 18.6 Å². The Morgan fingerprint density at radius 3 is 2.92 bits per heavy atom. The summed E-state index contributed by atoms with van der Waals surface area (Å²) in [6, 6.07) is 7.70. The molecule has 4 heterocycles. The second-order valence-corrected chi connectivity index (χ2v) is 11.9. The maximum absolute atomic E-state index is 14.0. The van der Waals surface area contributed by atoms with Gasteiger partial charge >= 0.3 is 0 Å². The van der Waals surface area contributed by atoms with Crippen LogP contribution in [0.25, 0.3) is 15.4 Å². The maximum atomic E-state index is 14.0. The number of methoxy groups -OCH3 is 1. The summed E-state index contributed by atoms with van der Waals surface area (Å²) in [4.78, 5) is 40.1. The van der Waals surface area contributed by atoms with Crippen LogP contribution >= 0.6 is 22.7 Å². The fraction of sp³-hybridized carbons (Fsp3) is 0.407. The van der Waals surface area contributed by atoms with Crippen LogP contribution in [0.5, 0.6) is 5.75 Å². The molecular formula is C27H29N5O3S2.